The number of fused-ring (bicyclic) bond motifs is 2. The lowest BCUT2D eigenvalue weighted by atomic mass is 9.83. The van der Waals surface area contributed by atoms with Crippen molar-refractivity contribution in [1.29, 1.82) is 0 Å². The van der Waals surface area contributed by atoms with Gasteiger partial charge in [-0.25, -0.2) is 9.97 Å². The molecule has 0 atom stereocenters. The average molecular weight is 412 g/mol. The number of hydrogen-bond acceptors (Lipinski definition) is 7. The first-order valence-corrected chi connectivity index (χ1v) is 10.3. The second-order valence-electron chi connectivity index (χ2n) is 7.76. The lowest BCUT2D eigenvalue weighted by Crippen LogP contribution is -2.49. The van der Waals surface area contributed by atoms with Crippen molar-refractivity contribution in [2.45, 2.75) is 37.7 Å². The van der Waals surface area contributed by atoms with E-state index < -0.39 is 5.60 Å². The van der Waals surface area contributed by atoms with Crippen LogP contribution in [0.15, 0.2) is 24.4 Å². The molecular formula is C22H28N4O4. The summed E-state index contributed by atoms with van der Waals surface area (Å²) < 4.78 is 16.8. The van der Waals surface area contributed by atoms with Gasteiger partial charge in [0.2, 0.25) is 11.9 Å². The highest BCUT2D eigenvalue weighted by Gasteiger charge is 2.43. The summed E-state index contributed by atoms with van der Waals surface area (Å²) >= 11 is 0. The topological polar surface area (TPSA) is 99.8 Å². The molecule has 2 aromatic rings. The maximum absolute atomic E-state index is 12.8. The van der Waals surface area contributed by atoms with Gasteiger partial charge in [0.25, 0.3) is 0 Å². The van der Waals surface area contributed by atoms with Gasteiger partial charge in [-0.15, -0.1) is 0 Å². The molecule has 1 aromatic carbocycles. The van der Waals surface area contributed by atoms with E-state index >= 15 is 0 Å². The summed E-state index contributed by atoms with van der Waals surface area (Å²) in [5, 5.41) is 0. The van der Waals surface area contributed by atoms with Crippen LogP contribution in [-0.2, 0) is 28.0 Å². The van der Waals surface area contributed by atoms with E-state index in [0.717, 1.165) is 36.1 Å². The van der Waals surface area contributed by atoms with Crippen molar-refractivity contribution in [2.24, 2.45) is 0 Å². The van der Waals surface area contributed by atoms with Crippen LogP contribution in [0.2, 0.25) is 0 Å². The van der Waals surface area contributed by atoms with Gasteiger partial charge in [0.15, 0.2) is 11.5 Å². The Hall–Kier alpha value is -2.87. The first kappa shape index (κ1) is 20.4. The number of aryl methyl sites for hydroxylation is 1. The van der Waals surface area contributed by atoms with E-state index in [2.05, 4.69) is 9.97 Å². The molecule has 4 rings (SSSR count). The Labute approximate surface area is 176 Å². The second kappa shape index (κ2) is 8.47. The van der Waals surface area contributed by atoms with Crippen LogP contribution in [0.3, 0.4) is 0 Å². The summed E-state index contributed by atoms with van der Waals surface area (Å²) in [5.74, 6) is 1.78. The Bertz CT molecular complexity index is 925. The summed E-state index contributed by atoms with van der Waals surface area (Å²) in [4.78, 5) is 23.3. The van der Waals surface area contributed by atoms with Crippen molar-refractivity contribution < 1.29 is 19.0 Å². The van der Waals surface area contributed by atoms with Gasteiger partial charge in [-0.05, 0) is 48.9 Å². The maximum Gasteiger partial charge on any atom is 0.222 e. The van der Waals surface area contributed by atoms with E-state index in [1.54, 1.807) is 14.2 Å². The molecule has 1 aromatic heterocycles. The number of nitrogens with two attached hydrogens (primary N) is 1. The summed E-state index contributed by atoms with van der Waals surface area (Å²) in [7, 11) is 3.22. The Balaban J connectivity index is 1.37. The zero-order valence-electron chi connectivity index (χ0n) is 17.5. The fraction of sp³-hybridized carbons (Fsp3) is 0.500. The molecular weight excluding hydrogens is 384 g/mol. The molecule has 0 aliphatic carbocycles. The highest BCUT2D eigenvalue weighted by molar-refractivity contribution is 5.76. The molecule has 1 amide bonds. The number of anilines is 1. The number of ether oxygens (including phenoxy) is 3. The van der Waals surface area contributed by atoms with E-state index in [0.29, 0.717) is 44.0 Å². The molecule has 0 radical (unpaired) electrons. The van der Waals surface area contributed by atoms with E-state index in [1.165, 1.54) is 0 Å². The van der Waals surface area contributed by atoms with Crippen molar-refractivity contribution in [3.05, 3.63) is 41.2 Å². The fourth-order valence-corrected chi connectivity index (χ4v) is 4.37. The molecule has 8 heteroatoms. The monoisotopic (exact) mass is 412 g/mol. The quantitative estimate of drug-likeness (QED) is 0.803. The van der Waals surface area contributed by atoms with Gasteiger partial charge in [-0.1, -0.05) is 6.07 Å². The van der Waals surface area contributed by atoms with Gasteiger partial charge >= 0.3 is 0 Å². The van der Waals surface area contributed by atoms with Gasteiger partial charge in [0, 0.05) is 25.7 Å². The summed E-state index contributed by atoms with van der Waals surface area (Å²) in [5.41, 5.74) is 8.42. The Morgan fingerprint density at radius 2 is 2.00 bits per heavy atom. The van der Waals surface area contributed by atoms with Crippen molar-refractivity contribution in [3.8, 4) is 11.5 Å². The minimum Gasteiger partial charge on any atom is -0.493 e. The number of carbonyl (C=O) groups excluding carboxylic acids is 1. The number of nitrogen functional groups attached to an aromatic ring is 1. The van der Waals surface area contributed by atoms with Gasteiger partial charge < -0.3 is 24.8 Å². The molecule has 2 aliphatic rings. The predicted molar refractivity (Wildman–Crippen MR) is 111 cm³/mol. The smallest absolute Gasteiger partial charge is 0.222 e. The number of nitrogens with zero attached hydrogens (tertiary/aromatic N) is 3. The molecule has 3 heterocycles. The predicted octanol–water partition coefficient (Wildman–Crippen LogP) is 2.10. The number of likely N-dealkylation sites (tertiary alicyclic amines) is 1. The molecule has 8 nitrogen and oxygen atoms in total. The van der Waals surface area contributed by atoms with Crippen LogP contribution in [0.4, 0.5) is 5.95 Å². The minimum atomic E-state index is -0.454. The molecule has 0 bridgehead atoms. The molecule has 0 saturated carbocycles. The third kappa shape index (κ3) is 3.92. The van der Waals surface area contributed by atoms with Crippen molar-refractivity contribution in [3.63, 3.8) is 0 Å². The van der Waals surface area contributed by atoms with E-state index in [4.69, 9.17) is 19.9 Å². The van der Waals surface area contributed by atoms with Crippen LogP contribution in [0.5, 0.6) is 11.5 Å². The van der Waals surface area contributed by atoms with Crippen molar-refractivity contribution >= 4 is 11.9 Å². The third-order valence-electron chi connectivity index (χ3n) is 6.06. The van der Waals surface area contributed by atoms with Crippen LogP contribution in [-0.4, -0.2) is 54.7 Å². The number of methoxy groups -OCH3 is 2. The lowest BCUT2D eigenvalue weighted by molar-refractivity contribution is -0.141. The molecule has 1 saturated heterocycles. The summed E-state index contributed by atoms with van der Waals surface area (Å²) in [6.45, 7) is 1.94. The zero-order chi connectivity index (χ0) is 21.1. The number of hydrogen-bond donors (Lipinski definition) is 1. The number of carbonyl (C=O) groups is 1. The largest absolute Gasteiger partial charge is 0.493 e. The molecule has 2 N–H and O–H groups in total. The molecule has 0 unspecified atom stereocenters. The van der Waals surface area contributed by atoms with Crippen LogP contribution >= 0.6 is 0 Å². The molecule has 160 valence electrons. The molecule has 1 spiro atoms. The molecule has 2 aliphatic heterocycles. The van der Waals surface area contributed by atoms with Crippen LogP contribution in [0.1, 0.15) is 36.1 Å². The van der Waals surface area contributed by atoms with Gasteiger partial charge in [-0.2, -0.15) is 0 Å². The first-order valence-electron chi connectivity index (χ1n) is 10.3. The number of amides is 1. The summed E-state index contributed by atoms with van der Waals surface area (Å²) in [6.07, 6.45) is 5.16. The number of benzene rings is 1. The van der Waals surface area contributed by atoms with Gasteiger partial charge in [0.05, 0.1) is 26.5 Å². The second-order valence-corrected chi connectivity index (χ2v) is 7.76. The maximum atomic E-state index is 12.8. The summed E-state index contributed by atoms with van der Waals surface area (Å²) in [6, 6.07) is 5.76. The standard InChI is InChI=1S/C22H28N4O4/c1-28-17-5-3-15(13-18(17)29-2)4-6-19(27)26-10-8-22(9-11-26)20-16(7-12-30-22)14-24-21(23)25-20/h3,5,13-14H,4,6-12H2,1-2H3,(H2,23,24,25). The normalized spacial score (nSPS) is 17.5. The Morgan fingerprint density at radius 3 is 2.73 bits per heavy atom. The van der Waals surface area contributed by atoms with Crippen LogP contribution < -0.4 is 15.2 Å². The average Bonchev–Trinajstić information content (AvgIpc) is 2.78. The zero-order valence-corrected chi connectivity index (χ0v) is 17.5. The number of rotatable bonds is 5. The van der Waals surface area contributed by atoms with E-state index in [-0.39, 0.29) is 11.9 Å². The van der Waals surface area contributed by atoms with E-state index in [1.807, 2.05) is 29.3 Å². The number of aromatic nitrogens is 2. The Morgan fingerprint density at radius 1 is 1.23 bits per heavy atom. The van der Waals surface area contributed by atoms with Gasteiger partial charge in [0.1, 0.15) is 5.60 Å². The lowest BCUT2D eigenvalue weighted by Gasteiger charge is -2.44. The van der Waals surface area contributed by atoms with Crippen LogP contribution in [0.25, 0.3) is 0 Å². The third-order valence-corrected chi connectivity index (χ3v) is 6.06. The first-order chi connectivity index (χ1) is 14.5. The fourth-order valence-electron chi connectivity index (χ4n) is 4.37. The van der Waals surface area contributed by atoms with Crippen molar-refractivity contribution in [2.75, 3.05) is 39.6 Å². The van der Waals surface area contributed by atoms with Crippen molar-refractivity contribution in [1.82, 2.24) is 14.9 Å². The highest BCUT2D eigenvalue weighted by Crippen LogP contribution is 2.40. The van der Waals surface area contributed by atoms with E-state index in [9.17, 15) is 4.79 Å². The SMILES string of the molecule is COc1ccc(CCC(=O)N2CCC3(CC2)OCCc2cnc(N)nc23)cc1OC. The minimum absolute atomic E-state index is 0.151. The molecule has 1 fully saturated rings. The van der Waals surface area contributed by atoms with Gasteiger partial charge in [-0.3, -0.25) is 4.79 Å². The number of piperidine rings is 1. The molecule has 30 heavy (non-hydrogen) atoms. The van der Waals surface area contributed by atoms with Crippen LogP contribution in [0, 0.1) is 0 Å². The highest BCUT2D eigenvalue weighted by atomic mass is 16.5. The Kier molecular flexibility index (Phi) is 5.76.